The van der Waals surface area contributed by atoms with Gasteiger partial charge in [-0.25, -0.2) is 0 Å². The van der Waals surface area contributed by atoms with Crippen LogP contribution in [-0.4, -0.2) is 16.9 Å². The van der Waals surface area contributed by atoms with Crippen LogP contribution in [0.2, 0.25) is 0 Å². The third-order valence-electron chi connectivity index (χ3n) is 2.75. The molecule has 0 saturated carbocycles. The van der Waals surface area contributed by atoms with Gasteiger partial charge in [-0.3, -0.25) is 14.6 Å². The maximum absolute atomic E-state index is 11.5. The van der Waals surface area contributed by atoms with Crippen LogP contribution in [0.4, 0.5) is 0 Å². The van der Waals surface area contributed by atoms with Crippen LogP contribution in [0.3, 0.4) is 0 Å². The maximum Gasteiger partial charge on any atom is 0.264 e. The van der Waals surface area contributed by atoms with Gasteiger partial charge in [0.05, 0.1) is 12.8 Å². The predicted molar refractivity (Wildman–Crippen MR) is 71.5 cm³/mol. The summed E-state index contributed by atoms with van der Waals surface area (Å²) in [5, 5.41) is 2.82. The van der Waals surface area contributed by atoms with E-state index in [9.17, 15) is 4.79 Å². The van der Waals surface area contributed by atoms with E-state index in [1.54, 1.807) is 13.2 Å². The molecule has 0 fully saturated rings. The van der Waals surface area contributed by atoms with Crippen LogP contribution in [0.1, 0.15) is 19.5 Å². The monoisotopic (exact) mass is 246 g/mol. The van der Waals surface area contributed by atoms with Gasteiger partial charge in [-0.05, 0) is 36.6 Å². The highest BCUT2D eigenvalue weighted by molar-refractivity contribution is 5.38. The molecule has 0 radical (unpaired) electrons. The van der Waals surface area contributed by atoms with Crippen LogP contribution in [0.15, 0.2) is 35.1 Å². The zero-order chi connectivity index (χ0) is 13.1. The van der Waals surface area contributed by atoms with Crippen LogP contribution in [0.25, 0.3) is 5.69 Å². The van der Waals surface area contributed by atoms with E-state index < -0.39 is 0 Å². The highest BCUT2D eigenvalue weighted by atomic mass is 16.5. The van der Waals surface area contributed by atoms with Crippen molar-refractivity contribution in [3.63, 3.8) is 0 Å². The van der Waals surface area contributed by atoms with Crippen molar-refractivity contribution in [1.82, 2.24) is 9.78 Å². The Balaban J connectivity index is 2.39. The number of nitrogens with one attached hydrogen (secondary N) is 1. The first-order valence-electron chi connectivity index (χ1n) is 6.05. The summed E-state index contributed by atoms with van der Waals surface area (Å²) in [5.41, 5.74) is 1.87. The molecule has 18 heavy (non-hydrogen) atoms. The molecular weight excluding hydrogens is 228 g/mol. The molecule has 4 nitrogen and oxygen atoms in total. The second-order valence-corrected chi connectivity index (χ2v) is 4.74. The van der Waals surface area contributed by atoms with Gasteiger partial charge >= 0.3 is 0 Å². The molecule has 0 aliphatic rings. The molecule has 2 aromatic rings. The Hall–Kier alpha value is -1.97. The molecule has 1 aromatic heterocycles. The van der Waals surface area contributed by atoms with Crippen LogP contribution in [0, 0.1) is 5.92 Å². The largest absolute Gasteiger partial charge is 0.497 e. The summed E-state index contributed by atoms with van der Waals surface area (Å²) in [5.74, 6) is 1.31. The van der Waals surface area contributed by atoms with E-state index in [1.165, 1.54) is 0 Å². The number of methoxy groups -OCH3 is 1. The number of H-pyrrole nitrogens is 1. The third-order valence-corrected chi connectivity index (χ3v) is 2.75. The lowest BCUT2D eigenvalue weighted by Gasteiger charge is -2.10. The van der Waals surface area contributed by atoms with Gasteiger partial charge in [0.25, 0.3) is 5.56 Å². The van der Waals surface area contributed by atoms with Gasteiger partial charge in [-0.1, -0.05) is 13.8 Å². The topological polar surface area (TPSA) is 47.0 Å². The maximum atomic E-state index is 11.5. The van der Waals surface area contributed by atoms with E-state index in [0.717, 1.165) is 23.6 Å². The summed E-state index contributed by atoms with van der Waals surface area (Å²) >= 11 is 0. The first-order valence-corrected chi connectivity index (χ1v) is 6.05. The van der Waals surface area contributed by atoms with Crippen molar-refractivity contribution < 1.29 is 4.74 Å². The Kier molecular flexibility index (Phi) is 3.55. The lowest BCUT2D eigenvalue weighted by molar-refractivity contribution is 0.414. The molecule has 1 N–H and O–H groups in total. The predicted octanol–water partition coefficient (Wildman–Crippen LogP) is 2.37. The molecule has 1 heterocycles. The fraction of sp³-hybridized carbons (Fsp3) is 0.357. The summed E-state index contributed by atoms with van der Waals surface area (Å²) in [6.45, 7) is 4.27. The van der Waals surface area contributed by atoms with Gasteiger partial charge in [0.1, 0.15) is 5.75 Å². The quantitative estimate of drug-likeness (QED) is 0.900. The van der Waals surface area contributed by atoms with Gasteiger partial charge < -0.3 is 4.74 Å². The highest BCUT2D eigenvalue weighted by Gasteiger charge is 2.08. The van der Waals surface area contributed by atoms with Gasteiger partial charge in [-0.2, -0.15) is 0 Å². The number of aromatic amines is 1. The van der Waals surface area contributed by atoms with Crippen molar-refractivity contribution in [2.45, 2.75) is 20.3 Å². The van der Waals surface area contributed by atoms with E-state index >= 15 is 0 Å². The summed E-state index contributed by atoms with van der Waals surface area (Å²) in [6, 6.07) is 9.28. The molecule has 0 saturated heterocycles. The van der Waals surface area contributed by atoms with Crippen LogP contribution < -0.4 is 10.3 Å². The second-order valence-electron chi connectivity index (χ2n) is 4.74. The fourth-order valence-electron chi connectivity index (χ4n) is 1.96. The van der Waals surface area contributed by atoms with Crippen molar-refractivity contribution in [2.75, 3.05) is 7.11 Å². The third kappa shape index (κ3) is 2.64. The average molecular weight is 246 g/mol. The molecule has 0 spiro atoms. The van der Waals surface area contributed by atoms with Crippen molar-refractivity contribution in [1.29, 1.82) is 0 Å². The van der Waals surface area contributed by atoms with E-state index in [0.29, 0.717) is 5.92 Å². The molecule has 0 aliphatic heterocycles. The van der Waals surface area contributed by atoms with Crippen LogP contribution in [-0.2, 0) is 6.42 Å². The Bertz CT molecular complexity index is 564. The minimum Gasteiger partial charge on any atom is -0.497 e. The molecule has 1 aromatic carbocycles. The number of hydrogen-bond donors (Lipinski definition) is 1. The summed E-state index contributed by atoms with van der Waals surface area (Å²) in [4.78, 5) is 11.5. The standard InChI is InChI=1S/C14H18N2O2/c1-10(2)8-12-9-14(17)15-16(12)11-4-6-13(18-3)7-5-11/h4-7,9-10H,8H2,1-3H3,(H,15,17). The van der Waals surface area contributed by atoms with E-state index in [-0.39, 0.29) is 5.56 Å². The first kappa shape index (κ1) is 12.5. The zero-order valence-corrected chi connectivity index (χ0v) is 10.9. The lowest BCUT2D eigenvalue weighted by atomic mass is 10.1. The minimum absolute atomic E-state index is 0.0681. The molecule has 0 aliphatic carbocycles. The number of aromatic nitrogens is 2. The molecule has 2 rings (SSSR count). The first-order chi connectivity index (χ1) is 8.60. The average Bonchev–Trinajstić information content (AvgIpc) is 2.69. The molecule has 0 unspecified atom stereocenters. The molecule has 0 amide bonds. The number of nitrogens with zero attached hydrogens (tertiary/aromatic N) is 1. The second kappa shape index (κ2) is 5.12. The summed E-state index contributed by atoms with van der Waals surface area (Å²) < 4.78 is 6.96. The van der Waals surface area contributed by atoms with Gasteiger partial charge in [0, 0.05) is 11.8 Å². The van der Waals surface area contributed by atoms with Crippen LogP contribution in [0.5, 0.6) is 5.75 Å². The number of hydrogen-bond acceptors (Lipinski definition) is 2. The van der Waals surface area contributed by atoms with Crippen molar-refractivity contribution in [2.24, 2.45) is 5.92 Å². The van der Waals surface area contributed by atoms with Gasteiger partial charge in [0.15, 0.2) is 0 Å². The van der Waals surface area contributed by atoms with Crippen LogP contribution >= 0.6 is 0 Å². The fourth-order valence-corrected chi connectivity index (χ4v) is 1.96. The lowest BCUT2D eigenvalue weighted by Crippen LogP contribution is -2.07. The Morgan fingerprint density at radius 3 is 2.50 bits per heavy atom. The Morgan fingerprint density at radius 1 is 1.28 bits per heavy atom. The normalized spacial score (nSPS) is 10.9. The molecule has 4 heteroatoms. The van der Waals surface area contributed by atoms with E-state index in [1.807, 2.05) is 28.9 Å². The number of ether oxygens (including phenoxy) is 1. The molecular formula is C14H18N2O2. The Morgan fingerprint density at radius 2 is 1.94 bits per heavy atom. The van der Waals surface area contributed by atoms with Crippen molar-refractivity contribution in [3.05, 3.63) is 46.4 Å². The van der Waals surface area contributed by atoms with E-state index in [4.69, 9.17) is 4.74 Å². The summed E-state index contributed by atoms with van der Waals surface area (Å²) in [7, 11) is 1.64. The smallest absolute Gasteiger partial charge is 0.264 e. The molecule has 96 valence electrons. The zero-order valence-electron chi connectivity index (χ0n) is 10.9. The molecule has 0 atom stereocenters. The Labute approximate surface area is 106 Å². The van der Waals surface area contributed by atoms with Gasteiger partial charge in [-0.15, -0.1) is 0 Å². The summed E-state index contributed by atoms with van der Waals surface area (Å²) in [6.07, 6.45) is 0.866. The number of rotatable bonds is 4. The van der Waals surface area contributed by atoms with Crippen molar-refractivity contribution >= 4 is 0 Å². The van der Waals surface area contributed by atoms with Crippen molar-refractivity contribution in [3.8, 4) is 11.4 Å². The van der Waals surface area contributed by atoms with E-state index in [2.05, 4.69) is 18.9 Å². The van der Waals surface area contributed by atoms with Gasteiger partial charge in [0.2, 0.25) is 0 Å². The number of benzene rings is 1. The SMILES string of the molecule is COc1ccc(-n2[nH]c(=O)cc2CC(C)C)cc1. The minimum atomic E-state index is -0.0681. The molecule has 0 bridgehead atoms. The highest BCUT2D eigenvalue weighted by Crippen LogP contribution is 2.16.